The van der Waals surface area contributed by atoms with Gasteiger partial charge in [-0.1, -0.05) is 43.7 Å². The van der Waals surface area contributed by atoms with Gasteiger partial charge in [0.25, 0.3) is 0 Å². The van der Waals surface area contributed by atoms with Crippen molar-refractivity contribution in [3.05, 3.63) is 60.2 Å². The summed E-state index contributed by atoms with van der Waals surface area (Å²) >= 11 is 0. The summed E-state index contributed by atoms with van der Waals surface area (Å²) in [6.45, 7) is 4.42. The maximum atomic E-state index is 8.88. The molecule has 0 aliphatic heterocycles. The van der Waals surface area contributed by atoms with Gasteiger partial charge in [-0.3, -0.25) is 0 Å². The van der Waals surface area contributed by atoms with Crippen LogP contribution in [0.25, 0.3) is 11.1 Å². The molecule has 0 aliphatic carbocycles. The maximum absolute atomic E-state index is 8.88. The summed E-state index contributed by atoms with van der Waals surface area (Å²) in [6.07, 6.45) is 0. The van der Waals surface area contributed by atoms with Crippen LogP contribution in [0, 0.1) is 6.07 Å². The van der Waals surface area contributed by atoms with Gasteiger partial charge in [0.15, 0.2) is 0 Å². The van der Waals surface area contributed by atoms with E-state index < -0.39 is 7.82 Å². The predicted molar refractivity (Wildman–Crippen MR) is 79.1 cm³/mol. The molecule has 0 atom stereocenters. The summed E-state index contributed by atoms with van der Waals surface area (Å²) in [5.74, 6) is 0.596. The Hall–Kier alpha value is -0.450. The summed E-state index contributed by atoms with van der Waals surface area (Å²) in [7, 11) is -4.64. The fourth-order valence-electron chi connectivity index (χ4n) is 1.62. The molecule has 0 saturated carbocycles. The minimum atomic E-state index is -4.64. The van der Waals surface area contributed by atoms with Gasteiger partial charge in [0.2, 0.25) is 0 Å². The van der Waals surface area contributed by atoms with Crippen LogP contribution in [0.1, 0.15) is 25.3 Å². The summed E-state index contributed by atoms with van der Waals surface area (Å²) in [5.41, 5.74) is 3.78. The summed E-state index contributed by atoms with van der Waals surface area (Å²) in [4.78, 5) is 21.6. The zero-order valence-corrected chi connectivity index (χ0v) is 15.3. The minimum Gasteiger partial charge on any atom is -0.303 e. The van der Waals surface area contributed by atoms with Crippen molar-refractivity contribution in [3.8, 4) is 11.1 Å². The maximum Gasteiger partial charge on any atom is 1.00 e. The van der Waals surface area contributed by atoms with Crippen molar-refractivity contribution in [2.45, 2.75) is 19.8 Å². The molecule has 0 amide bonds. The first-order valence-electron chi connectivity index (χ1n) is 6.12. The van der Waals surface area contributed by atoms with Crippen LogP contribution in [-0.2, 0) is 4.57 Å². The molecule has 3 N–H and O–H groups in total. The van der Waals surface area contributed by atoms with Crippen LogP contribution < -0.4 is 29.6 Å². The molecule has 0 aliphatic rings. The molecule has 0 bridgehead atoms. The van der Waals surface area contributed by atoms with Crippen molar-refractivity contribution in [2.24, 2.45) is 0 Å². The Labute approximate surface area is 147 Å². The Kier molecular flexibility index (Phi) is 9.34. The largest absolute Gasteiger partial charge is 1.00 e. The van der Waals surface area contributed by atoms with E-state index in [1.54, 1.807) is 0 Å². The molecule has 0 saturated heterocycles. The molecule has 0 heterocycles. The normalized spacial score (nSPS) is 10.4. The van der Waals surface area contributed by atoms with Crippen molar-refractivity contribution in [2.75, 3.05) is 0 Å². The van der Waals surface area contributed by atoms with Gasteiger partial charge in [-0.2, -0.15) is 0 Å². The number of phosphoric acid groups is 1. The molecule has 0 aromatic heterocycles. The van der Waals surface area contributed by atoms with E-state index >= 15 is 0 Å². The first-order chi connectivity index (χ1) is 9.27. The fraction of sp³-hybridized carbons (Fsp3) is 0.200. The Morgan fingerprint density at radius 1 is 1.00 bits per heavy atom. The quantitative estimate of drug-likeness (QED) is 0.424. The van der Waals surface area contributed by atoms with E-state index in [1.165, 1.54) is 11.1 Å². The SMILES string of the molecule is CC(C)c1ccc(-c2[c-]cccc2)cc1.O=P(O)(O)O.[Na+]. The van der Waals surface area contributed by atoms with Gasteiger partial charge in [0.1, 0.15) is 0 Å². The van der Waals surface area contributed by atoms with Gasteiger partial charge in [0.05, 0.1) is 0 Å². The number of hydrogen-bond donors (Lipinski definition) is 3. The van der Waals surface area contributed by atoms with E-state index in [9.17, 15) is 0 Å². The molecule has 21 heavy (non-hydrogen) atoms. The monoisotopic (exact) mass is 316 g/mol. The fourth-order valence-corrected chi connectivity index (χ4v) is 1.62. The van der Waals surface area contributed by atoms with Crippen LogP contribution >= 0.6 is 7.82 Å². The van der Waals surface area contributed by atoms with Crippen LogP contribution in [-0.4, -0.2) is 14.7 Å². The summed E-state index contributed by atoms with van der Waals surface area (Å²) in [6, 6.07) is 20.0. The van der Waals surface area contributed by atoms with Crippen LogP contribution in [0.15, 0.2) is 48.5 Å². The standard InChI is InChI=1S/C15H15.Na.H3O4P/c1-12(2)13-8-10-15(11-9-13)14-6-4-3-5-7-14;;1-5(2,3)4/h3-6,8-12H,1-2H3;;(H3,1,2,3,4)/q-1;+1;. The van der Waals surface area contributed by atoms with Gasteiger partial charge < -0.3 is 14.7 Å². The van der Waals surface area contributed by atoms with Crippen LogP contribution in [0.2, 0.25) is 0 Å². The van der Waals surface area contributed by atoms with E-state index in [0.29, 0.717) is 5.92 Å². The van der Waals surface area contributed by atoms with Crippen LogP contribution in [0.3, 0.4) is 0 Å². The average molecular weight is 316 g/mol. The van der Waals surface area contributed by atoms with Crippen molar-refractivity contribution in [1.82, 2.24) is 0 Å². The summed E-state index contributed by atoms with van der Waals surface area (Å²) in [5, 5.41) is 0. The Balaban J connectivity index is 0.000000583. The number of hydrogen-bond acceptors (Lipinski definition) is 1. The number of benzene rings is 2. The second-order valence-electron chi connectivity index (χ2n) is 4.57. The van der Waals surface area contributed by atoms with Crippen LogP contribution in [0.4, 0.5) is 0 Å². The molecule has 6 heteroatoms. The van der Waals surface area contributed by atoms with Crippen molar-refractivity contribution in [1.29, 1.82) is 0 Å². The predicted octanol–water partition coefficient (Wildman–Crippen LogP) is 0.353. The van der Waals surface area contributed by atoms with Gasteiger partial charge in [0, 0.05) is 0 Å². The molecular formula is C15H18NaO4P. The molecule has 2 aromatic rings. The molecule has 4 nitrogen and oxygen atoms in total. The van der Waals surface area contributed by atoms with E-state index in [4.69, 9.17) is 19.2 Å². The molecular weight excluding hydrogens is 298 g/mol. The average Bonchev–Trinajstić information content (AvgIpc) is 2.38. The first kappa shape index (κ1) is 20.6. The third-order valence-corrected chi connectivity index (χ3v) is 2.60. The zero-order chi connectivity index (χ0) is 15.2. The van der Waals surface area contributed by atoms with Gasteiger partial charge >= 0.3 is 37.4 Å². The molecule has 108 valence electrons. The Morgan fingerprint density at radius 3 is 1.90 bits per heavy atom. The van der Waals surface area contributed by atoms with Gasteiger partial charge in [-0.25, -0.2) is 4.57 Å². The molecule has 0 radical (unpaired) electrons. The van der Waals surface area contributed by atoms with Crippen LogP contribution in [0.5, 0.6) is 0 Å². The van der Waals surface area contributed by atoms with Crippen molar-refractivity contribution < 1.29 is 48.8 Å². The summed E-state index contributed by atoms with van der Waals surface area (Å²) < 4.78 is 8.88. The molecule has 0 unspecified atom stereocenters. The molecule has 2 rings (SSSR count). The molecule has 0 spiro atoms. The first-order valence-corrected chi connectivity index (χ1v) is 7.69. The molecule has 0 fully saturated rings. The minimum absolute atomic E-state index is 0. The number of rotatable bonds is 2. The van der Waals surface area contributed by atoms with Gasteiger partial charge in [-0.15, -0.1) is 35.9 Å². The van der Waals surface area contributed by atoms with Crippen molar-refractivity contribution in [3.63, 3.8) is 0 Å². The van der Waals surface area contributed by atoms with Crippen molar-refractivity contribution >= 4 is 7.82 Å². The zero-order valence-electron chi connectivity index (χ0n) is 12.4. The van der Waals surface area contributed by atoms with Gasteiger partial charge in [-0.05, 0) is 11.5 Å². The van der Waals surface area contributed by atoms with E-state index in [0.717, 1.165) is 5.56 Å². The van der Waals surface area contributed by atoms with E-state index in [1.807, 2.05) is 18.2 Å². The van der Waals surface area contributed by atoms with E-state index in [-0.39, 0.29) is 29.6 Å². The Morgan fingerprint density at radius 2 is 1.52 bits per heavy atom. The second-order valence-corrected chi connectivity index (χ2v) is 5.59. The van der Waals surface area contributed by atoms with E-state index in [2.05, 4.69) is 50.2 Å². The third kappa shape index (κ3) is 9.22. The topological polar surface area (TPSA) is 77.8 Å². The third-order valence-electron chi connectivity index (χ3n) is 2.60. The smallest absolute Gasteiger partial charge is 0.303 e. The Bertz CT molecular complexity index is 556. The molecule has 2 aromatic carbocycles. The second kappa shape index (κ2) is 9.54.